The van der Waals surface area contributed by atoms with Gasteiger partial charge in [0.2, 0.25) is 5.91 Å². The van der Waals surface area contributed by atoms with E-state index in [1.54, 1.807) is 12.1 Å². The van der Waals surface area contributed by atoms with Gasteiger partial charge in [0, 0.05) is 36.3 Å². The van der Waals surface area contributed by atoms with Gasteiger partial charge in [-0.1, -0.05) is 24.3 Å². The first-order chi connectivity index (χ1) is 16.0. The van der Waals surface area contributed by atoms with Crippen LogP contribution in [0.1, 0.15) is 37.3 Å². The molecule has 1 saturated heterocycles. The Balaban J connectivity index is 1.26. The lowest BCUT2D eigenvalue weighted by atomic mass is 9.90. The third-order valence-electron chi connectivity index (χ3n) is 7.05. The molecule has 1 amide bonds. The summed E-state index contributed by atoms with van der Waals surface area (Å²) < 4.78 is 13.7. The molecular formula is C27H29FN4O. The van der Waals surface area contributed by atoms with Gasteiger partial charge < -0.3 is 9.80 Å². The number of aromatic nitrogens is 2. The molecule has 2 aromatic carbocycles. The minimum atomic E-state index is -0.237. The van der Waals surface area contributed by atoms with E-state index in [1.807, 2.05) is 29.2 Å². The van der Waals surface area contributed by atoms with Gasteiger partial charge >= 0.3 is 0 Å². The fourth-order valence-electron chi connectivity index (χ4n) is 5.11. The second kappa shape index (κ2) is 8.93. The summed E-state index contributed by atoms with van der Waals surface area (Å²) in [5.41, 5.74) is 4.95. The fourth-order valence-corrected chi connectivity index (χ4v) is 5.11. The first-order valence-corrected chi connectivity index (χ1v) is 11.8. The zero-order valence-corrected chi connectivity index (χ0v) is 19.2. The van der Waals surface area contributed by atoms with Crippen molar-refractivity contribution in [3.8, 4) is 11.3 Å². The molecule has 0 bridgehead atoms. The second-order valence-electron chi connectivity index (χ2n) is 9.22. The van der Waals surface area contributed by atoms with Gasteiger partial charge in [-0.15, -0.1) is 10.2 Å². The number of halogens is 1. The van der Waals surface area contributed by atoms with Gasteiger partial charge in [0.25, 0.3) is 0 Å². The zero-order valence-electron chi connectivity index (χ0n) is 19.2. The first-order valence-electron chi connectivity index (χ1n) is 11.8. The predicted molar refractivity (Wildman–Crippen MR) is 129 cm³/mol. The minimum Gasteiger partial charge on any atom is -0.355 e. The van der Waals surface area contributed by atoms with Crippen LogP contribution in [0.15, 0.2) is 54.6 Å². The maximum Gasteiger partial charge on any atom is 0.230 e. The lowest BCUT2D eigenvalue weighted by Crippen LogP contribution is -2.48. The van der Waals surface area contributed by atoms with Gasteiger partial charge in [0.05, 0.1) is 5.69 Å². The van der Waals surface area contributed by atoms with Crippen LogP contribution in [0, 0.1) is 18.7 Å². The molecule has 5 nitrogen and oxygen atoms in total. The molecule has 2 aliphatic heterocycles. The molecule has 3 aromatic rings. The number of carbonyl (C=O) groups is 1. The Morgan fingerprint density at radius 2 is 1.79 bits per heavy atom. The summed E-state index contributed by atoms with van der Waals surface area (Å²) in [6.07, 6.45) is 3.23. The smallest absolute Gasteiger partial charge is 0.230 e. The summed E-state index contributed by atoms with van der Waals surface area (Å²) in [4.78, 5) is 17.6. The van der Waals surface area contributed by atoms with Crippen molar-refractivity contribution in [1.82, 2.24) is 10.2 Å². The van der Waals surface area contributed by atoms with Crippen LogP contribution >= 0.6 is 0 Å². The summed E-state index contributed by atoms with van der Waals surface area (Å²) in [6.45, 7) is 5.70. The van der Waals surface area contributed by atoms with Gasteiger partial charge in [0.1, 0.15) is 5.82 Å². The molecule has 1 unspecified atom stereocenters. The number of nitrogens with zero attached hydrogens (tertiary/aromatic N) is 4. The highest BCUT2D eigenvalue weighted by molar-refractivity contribution is 5.97. The van der Waals surface area contributed by atoms with Gasteiger partial charge in [-0.05, 0) is 81.0 Å². The molecule has 5 rings (SSSR count). The second-order valence-corrected chi connectivity index (χ2v) is 9.22. The Morgan fingerprint density at radius 1 is 1.00 bits per heavy atom. The van der Waals surface area contributed by atoms with Crippen molar-refractivity contribution >= 4 is 17.4 Å². The Hall–Kier alpha value is -3.28. The minimum absolute atomic E-state index is 0.0288. The third-order valence-corrected chi connectivity index (χ3v) is 7.05. The number of anilines is 2. The lowest BCUT2D eigenvalue weighted by molar-refractivity contribution is -0.123. The van der Waals surface area contributed by atoms with Crippen LogP contribution in [-0.4, -0.2) is 35.2 Å². The molecule has 0 spiro atoms. The first kappa shape index (κ1) is 21.6. The standard InChI is InChI=1S/C27H29FN4O/c1-18-5-3-4-6-23(18)24-10-12-26(30-29-24)31-15-13-20(14-16-31)27(33)32-19(2)7-8-21-17-22(28)9-11-25(21)32/h3-6,9-12,17,19-20H,7-8,13-16H2,1-2H3. The number of benzene rings is 2. The predicted octanol–water partition coefficient (Wildman–Crippen LogP) is 5.18. The monoisotopic (exact) mass is 444 g/mol. The van der Waals surface area contributed by atoms with E-state index in [0.717, 1.165) is 67.1 Å². The number of piperidine rings is 1. The molecule has 2 aliphatic rings. The van der Waals surface area contributed by atoms with Crippen LogP contribution in [0.5, 0.6) is 0 Å². The van der Waals surface area contributed by atoms with Crippen molar-refractivity contribution in [2.45, 2.75) is 45.6 Å². The summed E-state index contributed by atoms with van der Waals surface area (Å²) >= 11 is 0. The SMILES string of the molecule is Cc1ccccc1-c1ccc(N2CCC(C(=O)N3c4ccc(F)cc4CCC3C)CC2)nn1. The number of fused-ring (bicyclic) bond motifs is 1. The largest absolute Gasteiger partial charge is 0.355 e. The van der Waals surface area contributed by atoms with Crippen LogP contribution in [0.25, 0.3) is 11.3 Å². The highest BCUT2D eigenvalue weighted by Gasteiger charge is 2.34. The molecule has 3 heterocycles. The molecule has 0 aliphatic carbocycles. The fraction of sp³-hybridized carbons (Fsp3) is 0.370. The van der Waals surface area contributed by atoms with Crippen molar-refractivity contribution in [3.05, 3.63) is 71.5 Å². The van der Waals surface area contributed by atoms with Crippen LogP contribution in [0.3, 0.4) is 0 Å². The molecule has 6 heteroatoms. The molecule has 0 saturated carbocycles. The van der Waals surface area contributed by atoms with Gasteiger partial charge in [-0.3, -0.25) is 4.79 Å². The van der Waals surface area contributed by atoms with E-state index in [-0.39, 0.29) is 23.7 Å². The molecular weight excluding hydrogens is 415 g/mol. The molecule has 1 fully saturated rings. The van der Waals surface area contributed by atoms with Gasteiger partial charge in [-0.2, -0.15) is 0 Å². The maximum atomic E-state index is 13.7. The van der Waals surface area contributed by atoms with E-state index in [9.17, 15) is 9.18 Å². The van der Waals surface area contributed by atoms with Crippen molar-refractivity contribution < 1.29 is 9.18 Å². The van der Waals surface area contributed by atoms with E-state index in [1.165, 1.54) is 11.6 Å². The van der Waals surface area contributed by atoms with Crippen molar-refractivity contribution in [1.29, 1.82) is 0 Å². The Morgan fingerprint density at radius 3 is 2.52 bits per heavy atom. The number of aryl methyl sites for hydroxylation is 2. The van der Waals surface area contributed by atoms with Crippen molar-refractivity contribution in [2.75, 3.05) is 22.9 Å². The van der Waals surface area contributed by atoms with Crippen LogP contribution < -0.4 is 9.80 Å². The van der Waals surface area contributed by atoms with Gasteiger partial charge in [-0.25, -0.2) is 4.39 Å². The van der Waals surface area contributed by atoms with Crippen molar-refractivity contribution in [2.24, 2.45) is 5.92 Å². The summed E-state index contributed by atoms with van der Waals surface area (Å²) in [5, 5.41) is 8.93. The maximum absolute atomic E-state index is 13.7. The summed E-state index contributed by atoms with van der Waals surface area (Å²) in [7, 11) is 0. The van der Waals surface area contributed by atoms with Crippen molar-refractivity contribution in [3.63, 3.8) is 0 Å². The average Bonchev–Trinajstić information content (AvgIpc) is 2.84. The van der Waals surface area contributed by atoms with Gasteiger partial charge in [0.15, 0.2) is 5.82 Å². The normalized spacial score (nSPS) is 18.8. The Labute approximate surface area is 194 Å². The number of rotatable bonds is 3. The third kappa shape index (κ3) is 4.22. The van der Waals surface area contributed by atoms with E-state index in [0.29, 0.717) is 0 Å². The zero-order chi connectivity index (χ0) is 22.9. The molecule has 1 aromatic heterocycles. The van der Waals surface area contributed by atoms with E-state index >= 15 is 0 Å². The molecule has 0 radical (unpaired) electrons. The van der Waals surface area contributed by atoms with E-state index in [2.05, 4.69) is 41.1 Å². The summed E-state index contributed by atoms with van der Waals surface area (Å²) in [6, 6.07) is 17.1. The topological polar surface area (TPSA) is 49.3 Å². The Kier molecular flexibility index (Phi) is 5.83. The highest BCUT2D eigenvalue weighted by atomic mass is 19.1. The molecule has 33 heavy (non-hydrogen) atoms. The number of amides is 1. The lowest BCUT2D eigenvalue weighted by Gasteiger charge is -2.39. The van der Waals surface area contributed by atoms with E-state index < -0.39 is 0 Å². The molecule has 170 valence electrons. The summed E-state index contributed by atoms with van der Waals surface area (Å²) in [5.74, 6) is 0.749. The number of carbonyl (C=O) groups excluding carboxylic acids is 1. The number of hydrogen-bond donors (Lipinski definition) is 0. The molecule has 1 atom stereocenters. The Bertz CT molecular complexity index is 1160. The molecule has 0 N–H and O–H groups in total. The number of hydrogen-bond acceptors (Lipinski definition) is 4. The van der Waals surface area contributed by atoms with Crippen LogP contribution in [-0.2, 0) is 11.2 Å². The quantitative estimate of drug-likeness (QED) is 0.559. The van der Waals surface area contributed by atoms with Crippen LogP contribution in [0.4, 0.5) is 15.9 Å². The highest BCUT2D eigenvalue weighted by Crippen LogP contribution is 2.34. The van der Waals surface area contributed by atoms with Crippen LogP contribution in [0.2, 0.25) is 0 Å². The average molecular weight is 445 g/mol. The van der Waals surface area contributed by atoms with E-state index in [4.69, 9.17) is 0 Å².